The molecule has 1 saturated heterocycles. The number of carbonyl (C=O) groups is 3. The minimum Gasteiger partial charge on any atom is -0.481 e. The zero-order valence-corrected chi connectivity index (χ0v) is 15.8. The maximum atomic E-state index is 12.6. The van der Waals surface area contributed by atoms with Crippen LogP contribution in [0.1, 0.15) is 18.4 Å². The fraction of sp³-hybridized carbons (Fsp3) is 0.294. The third-order valence-corrected chi connectivity index (χ3v) is 5.09. The van der Waals surface area contributed by atoms with Crippen LogP contribution in [0.2, 0.25) is 0 Å². The first kappa shape index (κ1) is 19.9. The van der Waals surface area contributed by atoms with Crippen molar-refractivity contribution in [2.24, 2.45) is 0 Å². The monoisotopic (exact) mass is 394 g/mol. The van der Waals surface area contributed by atoms with Crippen molar-refractivity contribution in [1.29, 1.82) is 0 Å². The van der Waals surface area contributed by atoms with Crippen LogP contribution in [0.5, 0.6) is 0 Å². The molecule has 1 aliphatic rings. The zero-order valence-electron chi connectivity index (χ0n) is 14.2. The Morgan fingerprint density at radius 1 is 1.27 bits per heavy atom. The van der Waals surface area contributed by atoms with E-state index >= 15 is 0 Å². The summed E-state index contributed by atoms with van der Waals surface area (Å²) < 4.78 is 0.115. The molecule has 0 aliphatic carbocycles. The van der Waals surface area contributed by atoms with Crippen molar-refractivity contribution >= 4 is 57.9 Å². The van der Waals surface area contributed by atoms with E-state index in [0.717, 1.165) is 27.9 Å². The second-order valence-corrected chi connectivity index (χ2v) is 7.50. The molecule has 1 amide bonds. The van der Waals surface area contributed by atoms with Gasteiger partial charge in [0.2, 0.25) is 0 Å². The summed E-state index contributed by atoms with van der Waals surface area (Å²) in [7, 11) is 3.84. The van der Waals surface area contributed by atoms with Gasteiger partial charge in [-0.2, -0.15) is 0 Å². The summed E-state index contributed by atoms with van der Waals surface area (Å²) in [6.45, 7) is 0. The van der Waals surface area contributed by atoms with Crippen molar-refractivity contribution in [3.05, 3.63) is 34.7 Å². The lowest BCUT2D eigenvalue weighted by Gasteiger charge is -2.22. The van der Waals surface area contributed by atoms with Gasteiger partial charge in [-0.1, -0.05) is 36.1 Å². The van der Waals surface area contributed by atoms with Crippen molar-refractivity contribution in [3.8, 4) is 0 Å². The van der Waals surface area contributed by atoms with E-state index in [1.165, 1.54) is 0 Å². The van der Waals surface area contributed by atoms with Gasteiger partial charge in [-0.05, 0) is 30.2 Å². The Balaban J connectivity index is 2.23. The van der Waals surface area contributed by atoms with Gasteiger partial charge >= 0.3 is 11.9 Å². The SMILES string of the molecule is CN(C)c1ccc(/C=C2\SC(=S)N(C(CCC(=O)O)C(=O)O)C2=O)cc1. The third-order valence-electron chi connectivity index (χ3n) is 3.76. The minimum absolute atomic E-state index is 0.115. The Hall–Kier alpha value is -2.39. The molecule has 1 atom stereocenters. The number of thioether (sulfide) groups is 1. The summed E-state index contributed by atoms with van der Waals surface area (Å²) in [6.07, 6.45) is 1.08. The average molecular weight is 394 g/mol. The van der Waals surface area contributed by atoms with E-state index < -0.39 is 23.9 Å². The normalized spacial score (nSPS) is 16.8. The highest BCUT2D eigenvalue weighted by atomic mass is 32.2. The number of benzene rings is 1. The fourth-order valence-electron chi connectivity index (χ4n) is 2.39. The summed E-state index contributed by atoms with van der Waals surface area (Å²) in [5, 5.41) is 18.1. The summed E-state index contributed by atoms with van der Waals surface area (Å²) in [4.78, 5) is 38.1. The highest BCUT2D eigenvalue weighted by molar-refractivity contribution is 8.26. The van der Waals surface area contributed by atoms with Gasteiger partial charge in [0, 0.05) is 26.2 Å². The topological polar surface area (TPSA) is 98.2 Å². The van der Waals surface area contributed by atoms with Gasteiger partial charge in [0.15, 0.2) is 0 Å². The molecular weight excluding hydrogens is 376 g/mol. The minimum atomic E-state index is -1.29. The number of hydrogen-bond acceptors (Lipinski definition) is 6. The molecule has 0 aromatic heterocycles. The molecule has 0 saturated carbocycles. The first-order chi connectivity index (χ1) is 12.2. The highest BCUT2D eigenvalue weighted by Crippen LogP contribution is 2.35. The Labute approximate surface area is 160 Å². The molecule has 1 aromatic rings. The molecule has 9 heteroatoms. The lowest BCUT2D eigenvalue weighted by molar-refractivity contribution is -0.146. The number of nitrogens with zero attached hydrogens (tertiary/aromatic N) is 2. The second-order valence-electron chi connectivity index (χ2n) is 5.82. The van der Waals surface area contributed by atoms with Crippen LogP contribution in [-0.4, -0.2) is 57.4 Å². The molecule has 1 aliphatic heterocycles. The maximum Gasteiger partial charge on any atom is 0.326 e. The van der Waals surface area contributed by atoms with E-state index in [0.29, 0.717) is 4.91 Å². The summed E-state index contributed by atoms with van der Waals surface area (Å²) in [5.74, 6) is -2.92. The Morgan fingerprint density at radius 2 is 1.88 bits per heavy atom. The van der Waals surface area contributed by atoms with Crippen LogP contribution in [0.15, 0.2) is 29.2 Å². The molecule has 0 spiro atoms. The van der Waals surface area contributed by atoms with E-state index in [9.17, 15) is 19.5 Å². The summed E-state index contributed by atoms with van der Waals surface area (Å²) in [6, 6.07) is 6.21. The molecule has 1 unspecified atom stereocenters. The van der Waals surface area contributed by atoms with Crippen LogP contribution in [0.3, 0.4) is 0 Å². The Bertz CT molecular complexity index is 774. The number of amides is 1. The van der Waals surface area contributed by atoms with Crippen molar-refractivity contribution in [2.45, 2.75) is 18.9 Å². The largest absolute Gasteiger partial charge is 0.481 e. The fourth-order valence-corrected chi connectivity index (χ4v) is 3.75. The molecule has 1 aromatic carbocycles. The predicted octanol–water partition coefficient (Wildman–Crippen LogP) is 2.27. The molecule has 26 heavy (non-hydrogen) atoms. The number of hydrogen-bond donors (Lipinski definition) is 2. The predicted molar refractivity (Wildman–Crippen MR) is 104 cm³/mol. The summed E-state index contributed by atoms with van der Waals surface area (Å²) >= 11 is 6.17. The maximum absolute atomic E-state index is 12.6. The number of carboxylic acid groups (broad SMARTS) is 2. The van der Waals surface area contributed by atoms with Gasteiger partial charge in [-0.3, -0.25) is 14.5 Å². The van der Waals surface area contributed by atoms with Gasteiger partial charge in [0.05, 0.1) is 4.91 Å². The molecule has 0 bridgehead atoms. The van der Waals surface area contributed by atoms with E-state index in [4.69, 9.17) is 17.3 Å². The number of anilines is 1. The molecular formula is C17H18N2O5S2. The van der Waals surface area contributed by atoms with Crippen LogP contribution in [0, 0.1) is 0 Å². The van der Waals surface area contributed by atoms with E-state index in [-0.39, 0.29) is 17.2 Å². The number of thiocarbonyl (C=S) groups is 1. The summed E-state index contributed by atoms with van der Waals surface area (Å²) in [5.41, 5.74) is 1.79. The molecule has 0 radical (unpaired) electrons. The number of carbonyl (C=O) groups excluding carboxylic acids is 1. The van der Waals surface area contributed by atoms with Crippen molar-refractivity contribution in [2.75, 3.05) is 19.0 Å². The quantitative estimate of drug-likeness (QED) is 0.537. The molecule has 1 fully saturated rings. The molecule has 2 rings (SSSR count). The van der Waals surface area contributed by atoms with E-state index in [1.54, 1.807) is 6.08 Å². The second kappa shape index (κ2) is 8.33. The van der Waals surface area contributed by atoms with E-state index in [2.05, 4.69) is 0 Å². The van der Waals surface area contributed by atoms with Crippen LogP contribution in [0.4, 0.5) is 5.69 Å². The van der Waals surface area contributed by atoms with Crippen LogP contribution in [0.25, 0.3) is 6.08 Å². The highest BCUT2D eigenvalue weighted by Gasteiger charge is 2.40. The van der Waals surface area contributed by atoms with Gasteiger partial charge in [-0.15, -0.1) is 0 Å². The van der Waals surface area contributed by atoms with Crippen LogP contribution < -0.4 is 4.90 Å². The van der Waals surface area contributed by atoms with Crippen LogP contribution >= 0.6 is 24.0 Å². The van der Waals surface area contributed by atoms with E-state index in [1.807, 2.05) is 43.3 Å². The van der Waals surface area contributed by atoms with Gasteiger partial charge in [-0.25, -0.2) is 4.79 Å². The third kappa shape index (κ3) is 4.61. The average Bonchev–Trinajstić information content (AvgIpc) is 2.82. The number of carboxylic acids is 2. The lowest BCUT2D eigenvalue weighted by Crippen LogP contribution is -2.44. The van der Waals surface area contributed by atoms with Crippen LogP contribution in [-0.2, 0) is 14.4 Å². The number of rotatable bonds is 7. The smallest absolute Gasteiger partial charge is 0.326 e. The van der Waals surface area contributed by atoms with Crippen molar-refractivity contribution in [1.82, 2.24) is 4.90 Å². The van der Waals surface area contributed by atoms with Gasteiger partial charge < -0.3 is 15.1 Å². The zero-order chi connectivity index (χ0) is 19.4. The molecule has 2 N–H and O–H groups in total. The Morgan fingerprint density at radius 3 is 2.38 bits per heavy atom. The molecule has 7 nitrogen and oxygen atoms in total. The Kier molecular flexibility index (Phi) is 6.38. The van der Waals surface area contributed by atoms with Gasteiger partial charge in [0.25, 0.3) is 5.91 Å². The first-order valence-corrected chi connectivity index (χ1v) is 8.92. The standard InChI is InChI=1S/C17H18N2O5S2/c1-18(2)11-5-3-10(4-6-11)9-13-15(22)19(17(25)26-13)12(16(23)24)7-8-14(20)21/h3-6,9,12H,7-8H2,1-2H3,(H,20,21)(H,23,24)/b13-9-. The van der Waals surface area contributed by atoms with Gasteiger partial charge in [0.1, 0.15) is 10.4 Å². The first-order valence-electron chi connectivity index (χ1n) is 7.69. The van der Waals surface area contributed by atoms with Crippen molar-refractivity contribution in [3.63, 3.8) is 0 Å². The number of aliphatic carboxylic acids is 2. The van der Waals surface area contributed by atoms with Crippen molar-refractivity contribution < 1.29 is 24.6 Å². The lowest BCUT2D eigenvalue weighted by atomic mass is 10.1. The molecule has 138 valence electrons. The molecule has 1 heterocycles.